The molecule has 4 aromatic carbocycles. The van der Waals surface area contributed by atoms with Gasteiger partial charge in [-0.05, 0) is 66.9 Å². The highest BCUT2D eigenvalue weighted by Crippen LogP contribution is 2.32. The van der Waals surface area contributed by atoms with Crippen molar-refractivity contribution in [2.75, 3.05) is 12.0 Å². The van der Waals surface area contributed by atoms with Gasteiger partial charge >= 0.3 is 5.97 Å². The molecule has 7 nitrogen and oxygen atoms in total. The standard InChI is InChI=1S/C31H28ClFN2O5/c1-21-29(4-3-5-30(21)35(37)38)34(20-24-11-12-25(32)18-28(24)33)19-23-8-15-27(16-9-23)40-26-13-6-22(7-14-26)10-17-31(36)39-2/h3-9,11-16,18H,10,17,19-20H2,1-2H3. The molecule has 40 heavy (non-hydrogen) atoms. The number of ether oxygens (including phenoxy) is 2. The van der Waals surface area contributed by atoms with Crippen LogP contribution in [0.15, 0.2) is 84.9 Å². The molecule has 0 radical (unpaired) electrons. The number of rotatable bonds is 11. The number of halogens is 2. The third-order valence-corrected chi connectivity index (χ3v) is 6.73. The Kier molecular flexibility index (Phi) is 9.35. The molecule has 0 aromatic heterocycles. The van der Waals surface area contributed by atoms with Crippen molar-refractivity contribution in [3.8, 4) is 11.5 Å². The van der Waals surface area contributed by atoms with Crippen LogP contribution in [0.4, 0.5) is 15.8 Å². The van der Waals surface area contributed by atoms with Crippen molar-refractivity contribution in [1.82, 2.24) is 0 Å². The lowest BCUT2D eigenvalue weighted by atomic mass is 10.1. The molecule has 4 rings (SSSR count). The normalized spacial score (nSPS) is 10.7. The van der Waals surface area contributed by atoms with Crippen molar-refractivity contribution in [3.63, 3.8) is 0 Å². The third kappa shape index (κ3) is 7.36. The smallest absolute Gasteiger partial charge is 0.305 e. The molecule has 0 saturated carbocycles. The van der Waals surface area contributed by atoms with Gasteiger partial charge in [0, 0.05) is 41.9 Å². The monoisotopic (exact) mass is 562 g/mol. The quantitative estimate of drug-likeness (QED) is 0.105. The van der Waals surface area contributed by atoms with Crippen LogP contribution in [0.2, 0.25) is 5.02 Å². The first-order valence-corrected chi connectivity index (χ1v) is 13.0. The van der Waals surface area contributed by atoms with E-state index in [0.717, 1.165) is 11.1 Å². The minimum atomic E-state index is -0.444. The molecule has 0 heterocycles. The Morgan fingerprint density at radius 1 is 0.950 bits per heavy atom. The maximum atomic E-state index is 14.7. The highest BCUT2D eigenvalue weighted by molar-refractivity contribution is 6.30. The fourth-order valence-corrected chi connectivity index (χ4v) is 4.48. The summed E-state index contributed by atoms with van der Waals surface area (Å²) in [7, 11) is 1.37. The second-order valence-corrected chi connectivity index (χ2v) is 9.67. The van der Waals surface area contributed by atoms with Crippen molar-refractivity contribution in [1.29, 1.82) is 0 Å². The van der Waals surface area contributed by atoms with E-state index in [2.05, 4.69) is 4.74 Å². The number of aryl methyl sites for hydroxylation is 1. The SMILES string of the molecule is COC(=O)CCc1ccc(Oc2ccc(CN(Cc3ccc(Cl)cc3F)c3cccc([N+](=O)[O-])c3C)cc2)cc1. The summed E-state index contributed by atoms with van der Waals surface area (Å²) in [5.41, 5.74) is 3.46. The number of methoxy groups -OCH3 is 1. The maximum Gasteiger partial charge on any atom is 0.305 e. The summed E-state index contributed by atoms with van der Waals surface area (Å²) in [4.78, 5) is 24.4. The zero-order chi connectivity index (χ0) is 28.6. The van der Waals surface area contributed by atoms with Crippen LogP contribution in [-0.4, -0.2) is 18.0 Å². The zero-order valence-corrected chi connectivity index (χ0v) is 22.9. The van der Waals surface area contributed by atoms with E-state index in [1.165, 1.54) is 19.2 Å². The largest absolute Gasteiger partial charge is 0.469 e. The number of esters is 1. The lowest BCUT2D eigenvalue weighted by Gasteiger charge is -2.27. The number of nitro groups is 1. The van der Waals surface area contributed by atoms with Crippen LogP contribution in [0.3, 0.4) is 0 Å². The van der Waals surface area contributed by atoms with Crippen LogP contribution in [0.5, 0.6) is 11.5 Å². The average molecular weight is 563 g/mol. The zero-order valence-electron chi connectivity index (χ0n) is 22.1. The molecule has 0 amide bonds. The minimum absolute atomic E-state index is 0.000796. The summed E-state index contributed by atoms with van der Waals surface area (Å²) in [5, 5.41) is 11.9. The predicted octanol–water partition coefficient (Wildman–Crippen LogP) is 7.80. The van der Waals surface area contributed by atoms with E-state index in [0.29, 0.717) is 52.7 Å². The van der Waals surface area contributed by atoms with Crippen LogP contribution >= 0.6 is 11.6 Å². The molecule has 0 fully saturated rings. The Morgan fingerprint density at radius 3 is 2.20 bits per heavy atom. The number of nitro benzene ring substituents is 1. The molecule has 0 spiro atoms. The van der Waals surface area contributed by atoms with Gasteiger partial charge in [0.1, 0.15) is 17.3 Å². The van der Waals surface area contributed by atoms with E-state index in [9.17, 15) is 19.3 Å². The molecule has 0 aliphatic rings. The lowest BCUT2D eigenvalue weighted by molar-refractivity contribution is -0.385. The average Bonchev–Trinajstić information content (AvgIpc) is 2.94. The fraction of sp³-hybridized carbons (Fsp3) is 0.194. The van der Waals surface area contributed by atoms with E-state index in [-0.39, 0.29) is 18.2 Å². The lowest BCUT2D eigenvalue weighted by Crippen LogP contribution is -2.23. The Bertz CT molecular complexity index is 1490. The number of hydrogen-bond acceptors (Lipinski definition) is 6. The maximum absolute atomic E-state index is 14.7. The van der Waals surface area contributed by atoms with Crippen LogP contribution < -0.4 is 9.64 Å². The van der Waals surface area contributed by atoms with Gasteiger partial charge in [-0.2, -0.15) is 0 Å². The fourth-order valence-electron chi connectivity index (χ4n) is 4.33. The number of anilines is 1. The summed E-state index contributed by atoms with van der Waals surface area (Å²) in [6.07, 6.45) is 0.901. The first kappa shape index (κ1) is 28.6. The van der Waals surface area contributed by atoms with E-state index < -0.39 is 10.7 Å². The van der Waals surface area contributed by atoms with Gasteiger partial charge in [-0.15, -0.1) is 0 Å². The first-order chi connectivity index (χ1) is 19.2. The molecule has 0 aliphatic heterocycles. The summed E-state index contributed by atoms with van der Waals surface area (Å²) < 4.78 is 25.3. The highest BCUT2D eigenvalue weighted by atomic mass is 35.5. The summed E-state index contributed by atoms with van der Waals surface area (Å²) in [6.45, 7) is 2.25. The molecule has 0 aliphatic carbocycles. The highest BCUT2D eigenvalue weighted by Gasteiger charge is 2.19. The molecule has 9 heteroatoms. The van der Waals surface area contributed by atoms with Crippen molar-refractivity contribution in [2.24, 2.45) is 0 Å². The van der Waals surface area contributed by atoms with E-state index in [1.54, 1.807) is 31.2 Å². The molecule has 0 N–H and O–H groups in total. The molecule has 206 valence electrons. The number of benzene rings is 4. The van der Waals surface area contributed by atoms with Gasteiger partial charge in [0.2, 0.25) is 0 Å². The van der Waals surface area contributed by atoms with Gasteiger partial charge < -0.3 is 14.4 Å². The molecule has 4 aromatic rings. The second kappa shape index (κ2) is 13.1. The Balaban J connectivity index is 1.51. The van der Waals surface area contributed by atoms with Gasteiger partial charge in [0.05, 0.1) is 17.6 Å². The van der Waals surface area contributed by atoms with Gasteiger partial charge in [-0.1, -0.05) is 48.0 Å². The van der Waals surface area contributed by atoms with Gasteiger partial charge in [-0.3, -0.25) is 14.9 Å². The molecular weight excluding hydrogens is 535 g/mol. The topological polar surface area (TPSA) is 81.9 Å². The molecule has 0 bridgehead atoms. The van der Waals surface area contributed by atoms with E-state index in [4.69, 9.17) is 16.3 Å². The van der Waals surface area contributed by atoms with Crippen LogP contribution in [0.25, 0.3) is 0 Å². The second-order valence-electron chi connectivity index (χ2n) is 9.24. The molecule has 0 unspecified atom stereocenters. The van der Waals surface area contributed by atoms with E-state index in [1.807, 2.05) is 53.4 Å². The predicted molar refractivity (Wildman–Crippen MR) is 152 cm³/mol. The molecular formula is C31H28ClFN2O5. The van der Waals surface area contributed by atoms with Crippen molar-refractivity contribution in [2.45, 2.75) is 32.9 Å². The Morgan fingerprint density at radius 2 is 1.60 bits per heavy atom. The van der Waals surface area contributed by atoms with Crippen LogP contribution in [0.1, 0.15) is 28.7 Å². The third-order valence-electron chi connectivity index (χ3n) is 6.49. The minimum Gasteiger partial charge on any atom is -0.469 e. The number of carbonyl (C=O) groups excluding carboxylic acids is 1. The van der Waals surface area contributed by atoms with Gasteiger partial charge in [-0.25, -0.2) is 4.39 Å². The van der Waals surface area contributed by atoms with Crippen LogP contribution in [0, 0.1) is 22.9 Å². The Hall–Kier alpha value is -4.43. The molecule has 0 saturated heterocycles. The van der Waals surface area contributed by atoms with Gasteiger partial charge in [0.25, 0.3) is 5.69 Å². The number of carbonyl (C=O) groups is 1. The van der Waals surface area contributed by atoms with Gasteiger partial charge in [0.15, 0.2) is 0 Å². The Labute approximate surface area is 236 Å². The summed E-state index contributed by atoms with van der Waals surface area (Å²) >= 11 is 5.94. The van der Waals surface area contributed by atoms with Crippen molar-refractivity contribution >= 4 is 28.9 Å². The number of hydrogen-bond donors (Lipinski definition) is 0. The van der Waals surface area contributed by atoms with Crippen molar-refractivity contribution < 1.29 is 23.6 Å². The molecule has 0 atom stereocenters. The summed E-state index contributed by atoms with van der Waals surface area (Å²) in [5.74, 6) is 0.591. The van der Waals surface area contributed by atoms with Crippen LogP contribution in [-0.2, 0) is 29.0 Å². The summed E-state index contributed by atoms with van der Waals surface area (Å²) in [6, 6.07) is 24.3. The first-order valence-electron chi connectivity index (χ1n) is 12.6. The van der Waals surface area contributed by atoms with E-state index >= 15 is 0 Å². The van der Waals surface area contributed by atoms with Crippen molar-refractivity contribution in [3.05, 3.63) is 128 Å². The number of nitrogens with zero attached hydrogens (tertiary/aromatic N) is 2.